The molecule has 0 spiro atoms. The van der Waals surface area contributed by atoms with Crippen molar-refractivity contribution in [2.24, 2.45) is 0 Å². The van der Waals surface area contributed by atoms with Gasteiger partial charge in [-0.1, -0.05) is 0 Å². The van der Waals surface area contributed by atoms with Crippen molar-refractivity contribution < 1.29 is 13.2 Å². The molecular weight excluding hydrogens is 202 g/mol. The summed E-state index contributed by atoms with van der Waals surface area (Å²) in [6.45, 7) is 4.27. The highest BCUT2D eigenvalue weighted by molar-refractivity contribution is 7.90. The van der Waals surface area contributed by atoms with Crippen molar-refractivity contribution in [3.8, 4) is 0 Å². The van der Waals surface area contributed by atoms with E-state index in [1.807, 2.05) is 0 Å². The van der Waals surface area contributed by atoms with Crippen molar-refractivity contribution in [3.63, 3.8) is 0 Å². The Morgan fingerprint density at radius 2 is 1.93 bits per heavy atom. The average molecular weight is 221 g/mol. The van der Waals surface area contributed by atoms with Crippen LogP contribution in [0.4, 0.5) is 0 Å². The highest BCUT2D eigenvalue weighted by Crippen LogP contribution is 2.21. The zero-order valence-corrected chi connectivity index (χ0v) is 9.69. The van der Waals surface area contributed by atoms with Crippen LogP contribution >= 0.6 is 0 Å². The molecule has 1 saturated heterocycles. The van der Waals surface area contributed by atoms with E-state index < -0.39 is 9.84 Å². The van der Waals surface area contributed by atoms with E-state index in [4.69, 9.17) is 4.74 Å². The predicted molar refractivity (Wildman–Crippen MR) is 56.2 cm³/mol. The number of piperidine rings is 1. The van der Waals surface area contributed by atoms with E-state index in [-0.39, 0.29) is 11.4 Å². The maximum Gasteiger partial charge on any atom is 0.149 e. The molecular formula is C9H19NO3S. The first-order valence-corrected chi connectivity index (χ1v) is 7.00. The first-order chi connectivity index (χ1) is 6.41. The Labute approximate surface area is 85.9 Å². The zero-order chi connectivity index (χ0) is 10.7. The van der Waals surface area contributed by atoms with Crippen molar-refractivity contribution in [2.75, 3.05) is 31.7 Å². The monoisotopic (exact) mass is 221 g/mol. The lowest BCUT2D eigenvalue weighted by Gasteiger charge is -2.34. The third-order valence-corrected chi connectivity index (χ3v) is 3.47. The van der Waals surface area contributed by atoms with E-state index in [2.05, 4.69) is 12.2 Å². The molecule has 0 radical (unpaired) electrons. The van der Waals surface area contributed by atoms with Gasteiger partial charge in [0.25, 0.3) is 0 Å². The SMILES string of the molecule is CC1(OCCS(C)(=O)=O)CCNCC1. The lowest BCUT2D eigenvalue weighted by Crippen LogP contribution is -2.42. The molecule has 0 aromatic rings. The topological polar surface area (TPSA) is 55.4 Å². The molecule has 0 bridgehead atoms. The summed E-state index contributed by atoms with van der Waals surface area (Å²) in [6.07, 6.45) is 3.15. The largest absolute Gasteiger partial charge is 0.374 e. The molecule has 1 N–H and O–H groups in total. The highest BCUT2D eigenvalue weighted by atomic mass is 32.2. The number of sulfone groups is 1. The molecule has 1 heterocycles. The van der Waals surface area contributed by atoms with Crippen molar-refractivity contribution >= 4 is 9.84 Å². The van der Waals surface area contributed by atoms with Gasteiger partial charge in [-0.05, 0) is 32.9 Å². The normalized spacial score (nSPS) is 22.1. The molecule has 0 aromatic heterocycles. The van der Waals surface area contributed by atoms with Crippen molar-refractivity contribution in [1.29, 1.82) is 0 Å². The van der Waals surface area contributed by atoms with E-state index in [0.29, 0.717) is 6.61 Å². The van der Waals surface area contributed by atoms with Crippen LogP contribution in [-0.2, 0) is 14.6 Å². The quantitative estimate of drug-likeness (QED) is 0.736. The minimum absolute atomic E-state index is 0.121. The first-order valence-electron chi connectivity index (χ1n) is 4.94. The maximum atomic E-state index is 10.9. The summed E-state index contributed by atoms with van der Waals surface area (Å²) < 4.78 is 27.4. The van der Waals surface area contributed by atoms with E-state index in [9.17, 15) is 8.42 Å². The zero-order valence-electron chi connectivity index (χ0n) is 8.88. The molecule has 0 saturated carbocycles. The van der Waals surface area contributed by atoms with Crippen LogP contribution in [0.25, 0.3) is 0 Å². The molecule has 5 heteroatoms. The van der Waals surface area contributed by atoms with Gasteiger partial charge in [0, 0.05) is 6.26 Å². The Bertz CT molecular complexity index is 268. The van der Waals surface area contributed by atoms with Gasteiger partial charge in [-0.25, -0.2) is 8.42 Å². The van der Waals surface area contributed by atoms with Gasteiger partial charge in [0.1, 0.15) is 9.84 Å². The lowest BCUT2D eigenvalue weighted by atomic mass is 9.95. The minimum Gasteiger partial charge on any atom is -0.374 e. The number of nitrogens with one attached hydrogen (secondary N) is 1. The van der Waals surface area contributed by atoms with Crippen LogP contribution in [0.1, 0.15) is 19.8 Å². The summed E-state index contributed by atoms with van der Waals surface area (Å²) in [5.74, 6) is 0.121. The van der Waals surface area contributed by atoms with Gasteiger partial charge in [-0.2, -0.15) is 0 Å². The Balaban J connectivity index is 2.29. The van der Waals surface area contributed by atoms with Crippen LogP contribution in [-0.4, -0.2) is 45.7 Å². The van der Waals surface area contributed by atoms with E-state index in [1.165, 1.54) is 6.26 Å². The maximum absolute atomic E-state index is 10.9. The third-order valence-electron chi connectivity index (χ3n) is 2.57. The second-order valence-electron chi connectivity index (χ2n) is 4.18. The number of hydrogen-bond acceptors (Lipinski definition) is 4. The molecule has 1 aliphatic heterocycles. The Hall–Kier alpha value is -0.130. The molecule has 1 fully saturated rings. The van der Waals surface area contributed by atoms with Crippen LogP contribution < -0.4 is 5.32 Å². The van der Waals surface area contributed by atoms with Gasteiger partial charge in [0.15, 0.2) is 0 Å². The molecule has 1 aliphatic rings. The van der Waals surface area contributed by atoms with Crippen molar-refractivity contribution in [1.82, 2.24) is 5.32 Å². The van der Waals surface area contributed by atoms with Gasteiger partial charge >= 0.3 is 0 Å². The smallest absolute Gasteiger partial charge is 0.149 e. The number of rotatable bonds is 4. The predicted octanol–water partition coefficient (Wildman–Crippen LogP) is 0.190. The summed E-state index contributed by atoms with van der Waals surface area (Å²) >= 11 is 0. The van der Waals surface area contributed by atoms with Gasteiger partial charge in [-0.3, -0.25) is 0 Å². The second-order valence-corrected chi connectivity index (χ2v) is 6.44. The van der Waals surface area contributed by atoms with E-state index >= 15 is 0 Å². The van der Waals surface area contributed by atoms with Crippen LogP contribution in [0.3, 0.4) is 0 Å². The number of hydrogen-bond donors (Lipinski definition) is 1. The fourth-order valence-corrected chi connectivity index (χ4v) is 1.93. The fraction of sp³-hybridized carbons (Fsp3) is 1.00. The Kier molecular flexibility index (Phi) is 3.92. The molecule has 0 atom stereocenters. The molecule has 1 rings (SSSR count). The molecule has 14 heavy (non-hydrogen) atoms. The van der Waals surface area contributed by atoms with Gasteiger partial charge in [-0.15, -0.1) is 0 Å². The third kappa shape index (κ3) is 4.39. The van der Waals surface area contributed by atoms with E-state index in [0.717, 1.165) is 25.9 Å². The fourth-order valence-electron chi connectivity index (χ4n) is 1.54. The highest BCUT2D eigenvalue weighted by Gasteiger charge is 2.27. The van der Waals surface area contributed by atoms with Crippen LogP contribution in [0.15, 0.2) is 0 Å². The second kappa shape index (κ2) is 4.59. The molecule has 0 aliphatic carbocycles. The summed E-state index contributed by atoms with van der Waals surface area (Å²) in [4.78, 5) is 0. The van der Waals surface area contributed by atoms with Gasteiger partial charge in [0.2, 0.25) is 0 Å². The van der Waals surface area contributed by atoms with Crippen LogP contribution in [0.2, 0.25) is 0 Å². The van der Waals surface area contributed by atoms with Crippen molar-refractivity contribution in [3.05, 3.63) is 0 Å². The lowest BCUT2D eigenvalue weighted by molar-refractivity contribution is -0.0442. The van der Waals surface area contributed by atoms with Crippen LogP contribution in [0.5, 0.6) is 0 Å². The Morgan fingerprint density at radius 3 is 2.43 bits per heavy atom. The molecule has 0 aromatic carbocycles. The molecule has 0 amide bonds. The average Bonchev–Trinajstić information content (AvgIpc) is 2.02. The molecule has 84 valence electrons. The first kappa shape index (κ1) is 11.9. The summed E-state index contributed by atoms with van der Waals surface area (Å²) in [5.41, 5.74) is -0.129. The molecule has 0 unspecified atom stereocenters. The molecule has 4 nitrogen and oxygen atoms in total. The summed E-state index contributed by atoms with van der Waals surface area (Å²) in [7, 11) is -2.89. The van der Waals surface area contributed by atoms with Gasteiger partial charge < -0.3 is 10.1 Å². The Morgan fingerprint density at radius 1 is 1.36 bits per heavy atom. The van der Waals surface area contributed by atoms with Crippen molar-refractivity contribution in [2.45, 2.75) is 25.4 Å². The van der Waals surface area contributed by atoms with Crippen LogP contribution in [0, 0.1) is 0 Å². The van der Waals surface area contributed by atoms with Gasteiger partial charge in [0.05, 0.1) is 18.0 Å². The summed E-state index contributed by atoms with van der Waals surface area (Å²) in [5, 5.41) is 3.25. The van der Waals surface area contributed by atoms with E-state index in [1.54, 1.807) is 0 Å². The number of ether oxygens (including phenoxy) is 1. The minimum atomic E-state index is -2.89. The summed E-state index contributed by atoms with van der Waals surface area (Å²) in [6, 6.07) is 0. The standard InChI is InChI=1S/C9H19NO3S/c1-9(3-5-10-6-4-9)13-7-8-14(2,11)12/h10H,3-8H2,1-2H3.